The molecule has 158 valence electrons. The second-order valence-corrected chi connectivity index (χ2v) is 8.26. The van der Waals surface area contributed by atoms with Gasteiger partial charge in [-0.05, 0) is 42.8 Å². The Balaban J connectivity index is 1.42. The van der Waals surface area contributed by atoms with Crippen molar-refractivity contribution in [2.75, 3.05) is 41.3 Å². The zero-order valence-electron chi connectivity index (χ0n) is 17.6. The van der Waals surface area contributed by atoms with Crippen molar-refractivity contribution < 1.29 is 0 Å². The van der Waals surface area contributed by atoms with Gasteiger partial charge in [-0.25, -0.2) is 0 Å². The van der Waals surface area contributed by atoms with Crippen LogP contribution in [0.2, 0.25) is 5.02 Å². The summed E-state index contributed by atoms with van der Waals surface area (Å²) in [5.74, 6) is 1.49. The zero-order valence-corrected chi connectivity index (χ0v) is 18.3. The molecule has 1 N–H and O–H groups in total. The molecule has 31 heavy (non-hydrogen) atoms. The molecule has 0 atom stereocenters. The van der Waals surface area contributed by atoms with E-state index in [0.29, 0.717) is 0 Å². The number of rotatable bonds is 4. The number of halogens is 1. The molecule has 2 aromatic carbocycles. The lowest BCUT2D eigenvalue weighted by atomic mass is 10.2. The number of benzene rings is 2. The maximum absolute atomic E-state index is 6.17. The molecule has 0 spiro atoms. The Morgan fingerprint density at radius 2 is 1.71 bits per heavy atom. The topological polar surface area (TPSA) is 62.1 Å². The number of piperazine rings is 1. The van der Waals surface area contributed by atoms with E-state index < -0.39 is 0 Å². The van der Waals surface area contributed by atoms with E-state index in [9.17, 15) is 0 Å². The highest BCUT2D eigenvalue weighted by atomic mass is 35.5. The number of aromatic nitrogens is 4. The van der Waals surface area contributed by atoms with Crippen LogP contribution in [0, 0.1) is 6.92 Å². The molecule has 0 aliphatic carbocycles. The number of aryl methyl sites for hydroxylation is 2. The minimum Gasteiger partial charge on any atom is -0.368 e. The Kier molecular flexibility index (Phi) is 5.11. The van der Waals surface area contributed by atoms with Gasteiger partial charge in [0.2, 0.25) is 5.95 Å². The minimum absolute atomic E-state index is 0.719. The zero-order chi connectivity index (χ0) is 21.4. The van der Waals surface area contributed by atoms with E-state index in [4.69, 9.17) is 21.6 Å². The molecule has 2 aromatic heterocycles. The standard InChI is InChI=1S/C23H24ClN7/c1-16-5-3-7-18(13-16)26-21-20-15-25-29(2)22(20)28-23(27-21)31-11-9-30(10-12-31)19-8-4-6-17(24)14-19/h3-8,13-15H,9-12H2,1-2H3,(H,26,27,28). The molecule has 1 fully saturated rings. The van der Waals surface area contributed by atoms with Crippen LogP contribution in [0.5, 0.6) is 0 Å². The molecule has 8 heteroatoms. The van der Waals surface area contributed by atoms with Crippen LogP contribution in [0.1, 0.15) is 5.56 Å². The Bertz CT molecular complexity index is 1230. The monoisotopic (exact) mass is 433 g/mol. The van der Waals surface area contributed by atoms with Gasteiger partial charge in [-0.15, -0.1) is 0 Å². The third-order valence-corrected chi connectivity index (χ3v) is 5.83. The van der Waals surface area contributed by atoms with Crippen LogP contribution >= 0.6 is 11.6 Å². The Morgan fingerprint density at radius 3 is 2.48 bits per heavy atom. The van der Waals surface area contributed by atoms with Gasteiger partial charge in [0.15, 0.2) is 5.65 Å². The molecule has 3 heterocycles. The van der Waals surface area contributed by atoms with Crippen molar-refractivity contribution in [2.45, 2.75) is 6.92 Å². The number of fused-ring (bicyclic) bond motifs is 1. The lowest BCUT2D eigenvalue weighted by Crippen LogP contribution is -2.47. The number of hydrogen-bond acceptors (Lipinski definition) is 6. The minimum atomic E-state index is 0.719. The second-order valence-electron chi connectivity index (χ2n) is 7.83. The maximum atomic E-state index is 6.17. The molecule has 0 amide bonds. The van der Waals surface area contributed by atoms with Gasteiger partial charge in [-0.1, -0.05) is 29.8 Å². The summed E-state index contributed by atoms with van der Waals surface area (Å²) < 4.78 is 1.80. The van der Waals surface area contributed by atoms with Crippen LogP contribution in [-0.2, 0) is 7.05 Å². The summed E-state index contributed by atoms with van der Waals surface area (Å²) in [6, 6.07) is 16.3. The second kappa shape index (κ2) is 8.07. The van der Waals surface area contributed by atoms with Crippen LogP contribution < -0.4 is 15.1 Å². The molecule has 1 aliphatic heterocycles. The van der Waals surface area contributed by atoms with Crippen molar-refractivity contribution in [1.82, 2.24) is 19.7 Å². The van der Waals surface area contributed by atoms with Crippen LogP contribution in [-0.4, -0.2) is 45.9 Å². The van der Waals surface area contributed by atoms with E-state index in [2.05, 4.69) is 45.3 Å². The Hall–Kier alpha value is -3.32. The molecule has 0 saturated carbocycles. The number of hydrogen-bond donors (Lipinski definition) is 1. The van der Waals surface area contributed by atoms with E-state index in [1.165, 1.54) is 5.56 Å². The normalized spacial score (nSPS) is 14.3. The number of nitrogens with zero attached hydrogens (tertiary/aromatic N) is 6. The van der Waals surface area contributed by atoms with Gasteiger partial charge in [0, 0.05) is 49.6 Å². The van der Waals surface area contributed by atoms with Crippen LogP contribution in [0.15, 0.2) is 54.7 Å². The first-order valence-corrected chi connectivity index (χ1v) is 10.7. The van der Waals surface area contributed by atoms with Crippen molar-refractivity contribution in [2.24, 2.45) is 7.05 Å². The van der Waals surface area contributed by atoms with E-state index in [1.807, 2.05) is 43.6 Å². The van der Waals surface area contributed by atoms with Gasteiger partial charge in [0.05, 0.1) is 11.6 Å². The third-order valence-electron chi connectivity index (χ3n) is 5.60. The van der Waals surface area contributed by atoms with Gasteiger partial charge >= 0.3 is 0 Å². The molecular formula is C23H24ClN7. The summed E-state index contributed by atoms with van der Waals surface area (Å²) in [5, 5.41) is 9.53. The quantitative estimate of drug-likeness (QED) is 0.515. The summed E-state index contributed by atoms with van der Waals surface area (Å²) in [6.45, 7) is 5.51. The summed E-state index contributed by atoms with van der Waals surface area (Å²) in [7, 11) is 1.91. The SMILES string of the molecule is Cc1cccc(Nc2nc(N3CCN(c4cccc(Cl)c4)CC3)nc3c2cnn3C)c1. The molecule has 1 saturated heterocycles. The summed E-state index contributed by atoms with van der Waals surface area (Å²) in [6.07, 6.45) is 1.81. The fraction of sp³-hybridized carbons (Fsp3) is 0.261. The predicted octanol–water partition coefficient (Wildman–Crippen LogP) is 4.40. The van der Waals surface area contributed by atoms with Crippen molar-refractivity contribution in [3.8, 4) is 0 Å². The summed E-state index contributed by atoms with van der Waals surface area (Å²) in [4.78, 5) is 14.3. The van der Waals surface area contributed by atoms with Gasteiger partial charge in [0.1, 0.15) is 5.82 Å². The number of nitrogens with one attached hydrogen (secondary N) is 1. The lowest BCUT2D eigenvalue weighted by molar-refractivity contribution is 0.640. The summed E-state index contributed by atoms with van der Waals surface area (Å²) in [5.41, 5.74) is 4.16. The van der Waals surface area contributed by atoms with Crippen molar-refractivity contribution in [3.05, 3.63) is 65.3 Å². The fourth-order valence-corrected chi connectivity index (χ4v) is 4.13. The van der Waals surface area contributed by atoms with Crippen molar-refractivity contribution in [3.63, 3.8) is 0 Å². The Labute approximate surface area is 186 Å². The molecule has 4 aromatic rings. The molecule has 5 rings (SSSR count). The first-order valence-electron chi connectivity index (χ1n) is 10.4. The highest BCUT2D eigenvalue weighted by Crippen LogP contribution is 2.28. The molecular weight excluding hydrogens is 410 g/mol. The lowest BCUT2D eigenvalue weighted by Gasteiger charge is -2.36. The van der Waals surface area contributed by atoms with E-state index in [1.54, 1.807) is 4.68 Å². The fourth-order valence-electron chi connectivity index (χ4n) is 3.94. The first kappa shape index (κ1) is 19.6. The van der Waals surface area contributed by atoms with Crippen LogP contribution in [0.25, 0.3) is 11.0 Å². The molecule has 7 nitrogen and oxygen atoms in total. The summed E-state index contributed by atoms with van der Waals surface area (Å²) >= 11 is 6.17. The molecule has 0 radical (unpaired) electrons. The Morgan fingerprint density at radius 1 is 0.935 bits per heavy atom. The van der Waals surface area contributed by atoms with Crippen LogP contribution in [0.3, 0.4) is 0 Å². The average molecular weight is 434 g/mol. The molecule has 0 bridgehead atoms. The smallest absolute Gasteiger partial charge is 0.229 e. The van der Waals surface area contributed by atoms with Gasteiger partial charge in [-0.3, -0.25) is 4.68 Å². The van der Waals surface area contributed by atoms with Gasteiger partial charge in [-0.2, -0.15) is 15.1 Å². The van der Waals surface area contributed by atoms with E-state index in [-0.39, 0.29) is 0 Å². The highest BCUT2D eigenvalue weighted by Gasteiger charge is 2.22. The van der Waals surface area contributed by atoms with Crippen molar-refractivity contribution >= 4 is 45.8 Å². The van der Waals surface area contributed by atoms with E-state index in [0.717, 1.165) is 65.4 Å². The van der Waals surface area contributed by atoms with Gasteiger partial charge in [0.25, 0.3) is 0 Å². The third kappa shape index (κ3) is 4.01. The van der Waals surface area contributed by atoms with Crippen molar-refractivity contribution in [1.29, 1.82) is 0 Å². The maximum Gasteiger partial charge on any atom is 0.229 e. The van der Waals surface area contributed by atoms with Gasteiger partial charge < -0.3 is 15.1 Å². The largest absolute Gasteiger partial charge is 0.368 e. The predicted molar refractivity (Wildman–Crippen MR) is 127 cm³/mol. The average Bonchev–Trinajstić information content (AvgIpc) is 3.15. The molecule has 1 aliphatic rings. The first-order chi connectivity index (χ1) is 15.1. The van der Waals surface area contributed by atoms with Crippen LogP contribution in [0.4, 0.5) is 23.1 Å². The number of anilines is 4. The molecule has 0 unspecified atom stereocenters. The van der Waals surface area contributed by atoms with E-state index >= 15 is 0 Å². The highest BCUT2D eigenvalue weighted by molar-refractivity contribution is 6.30.